The van der Waals surface area contributed by atoms with Crippen molar-refractivity contribution in [3.8, 4) is 0 Å². The van der Waals surface area contributed by atoms with Crippen LogP contribution < -0.4 is 11.1 Å². The molecule has 5 nitrogen and oxygen atoms in total. The summed E-state index contributed by atoms with van der Waals surface area (Å²) in [6.45, 7) is 3.52. The number of nitrogens with one attached hydrogen (secondary N) is 2. The monoisotopic (exact) mass is 321 g/mol. The average Bonchev–Trinajstić information content (AvgIpc) is 3.01. The molecule has 1 aromatic carbocycles. The zero-order valence-corrected chi connectivity index (χ0v) is 13.9. The first kappa shape index (κ1) is 16.1. The van der Waals surface area contributed by atoms with Crippen LogP contribution in [0.25, 0.3) is 10.9 Å². The van der Waals surface area contributed by atoms with Gasteiger partial charge in [-0.25, -0.2) is 0 Å². The van der Waals surface area contributed by atoms with Crippen molar-refractivity contribution in [2.24, 2.45) is 10.7 Å². The Labute approximate surface area is 142 Å². The summed E-state index contributed by atoms with van der Waals surface area (Å²) in [6.07, 6.45) is 5.57. The van der Waals surface area contributed by atoms with E-state index >= 15 is 0 Å². The van der Waals surface area contributed by atoms with Crippen LogP contribution in [0.5, 0.6) is 0 Å². The van der Waals surface area contributed by atoms with Gasteiger partial charge in [-0.15, -0.1) is 0 Å². The molecule has 0 radical (unpaired) electrons. The highest BCUT2D eigenvalue weighted by Gasteiger charge is 2.05. The molecule has 124 valence electrons. The summed E-state index contributed by atoms with van der Waals surface area (Å²) in [5.74, 6) is 0.488. The third-order valence-electron chi connectivity index (χ3n) is 4.09. The fraction of sp³-hybridized carbons (Fsp3) is 0.263. The number of benzene rings is 1. The van der Waals surface area contributed by atoms with E-state index in [9.17, 15) is 0 Å². The van der Waals surface area contributed by atoms with E-state index in [4.69, 9.17) is 5.73 Å². The van der Waals surface area contributed by atoms with Crippen molar-refractivity contribution in [2.45, 2.75) is 19.8 Å². The number of guanidine groups is 1. The van der Waals surface area contributed by atoms with Crippen LogP contribution in [0.4, 0.5) is 0 Å². The van der Waals surface area contributed by atoms with E-state index in [1.807, 2.05) is 18.2 Å². The summed E-state index contributed by atoms with van der Waals surface area (Å²) >= 11 is 0. The molecule has 0 saturated carbocycles. The van der Waals surface area contributed by atoms with Crippen LogP contribution in [-0.2, 0) is 12.8 Å². The molecule has 4 N–H and O–H groups in total. The Balaban J connectivity index is 1.48. The topological polar surface area (TPSA) is 79.1 Å². The number of aryl methyl sites for hydroxylation is 1. The maximum atomic E-state index is 5.92. The first-order valence-corrected chi connectivity index (χ1v) is 8.23. The fourth-order valence-electron chi connectivity index (χ4n) is 2.79. The Kier molecular flexibility index (Phi) is 5.11. The van der Waals surface area contributed by atoms with Crippen molar-refractivity contribution in [1.29, 1.82) is 0 Å². The molecule has 5 heteroatoms. The molecule has 0 unspecified atom stereocenters. The first-order valence-electron chi connectivity index (χ1n) is 8.23. The zero-order chi connectivity index (χ0) is 16.8. The maximum Gasteiger partial charge on any atom is 0.188 e. The van der Waals surface area contributed by atoms with Crippen molar-refractivity contribution >= 4 is 16.9 Å². The number of pyridine rings is 1. The van der Waals surface area contributed by atoms with Crippen LogP contribution in [-0.4, -0.2) is 29.0 Å². The van der Waals surface area contributed by atoms with E-state index in [1.54, 1.807) is 6.20 Å². The number of hydrogen-bond donors (Lipinski definition) is 3. The Morgan fingerprint density at radius 1 is 1.21 bits per heavy atom. The van der Waals surface area contributed by atoms with Gasteiger partial charge >= 0.3 is 0 Å². The van der Waals surface area contributed by atoms with E-state index in [-0.39, 0.29) is 0 Å². The van der Waals surface area contributed by atoms with Gasteiger partial charge in [-0.1, -0.05) is 24.3 Å². The summed E-state index contributed by atoms with van der Waals surface area (Å²) in [4.78, 5) is 12.0. The molecule has 24 heavy (non-hydrogen) atoms. The second-order valence-corrected chi connectivity index (χ2v) is 5.83. The molecule has 0 saturated heterocycles. The lowest BCUT2D eigenvalue weighted by atomic mass is 10.1. The molecular weight excluding hydrogens is 298 g/mol. The highest BCUT2D eigenvalue weighted by atomic mass is 15.1. The smallest absolute Gasteiger partial charge is 0.188 e. The molecule has 3 aromatic rings. The quantitative estimate of drug-likeness (QED) is 0.482. The highest BCUT2D eigenvalue weighted by Crippen LogP contribution is 2.21. The lowest BCUT2D eigenvalue weighted by molar-refractivity contribution is 0.842. The summed E-state index contributed by atoms with van der Waals surface area (Å²) in [7, 11) is 0. The van der Waals surface area contributed by atoms with Crippen LogP contribution in [0.15, 0.2) is 53.8 Å². The largest absolute Gasteiger partial charge is 0.370 e. The van der Waals surface area contributed by atoms with Gasteiger partial charge in [-0.3, -0.25) is 9.98 Å². The number of H-pyrrole nitrogens is 1. The molecule has 0 aliphatic rings. The van der Waals surface area contributed by atoms with Crippen molar-refractivity contribution in [3.63, 3.8) is 0 Å². The predicted octanol–water partition coefficient (Wildman–Crippen LogP) is 2.56. The van der Waals surface area contributed by atoms with E-state index in [0.29, 0.717) is 12.5 Å². The molecule has 0 atom stereocenters. The Hall–Kier alpha value is -2.82. The fourth-order valence-corrected chi connectivity index (χ4v) is 2.79. The van der Waals surface area contributed by atoms with Crippen LogP contribution in [0.2, 0.25) is 0 Å². The van der Waals surface area contributed by atoms with Gasteiger partial charge in [0.25, 0.3) is 0 Å². The van der Waals surface area contributed by atoms with Gasteiger partial charge in [-0.2, -0.15) is 0 Å². The standard InChI is InChI=1S/C19H23N5/c1-14-5-4-7-17-15(13-24-18(14)17)8-11-22-19(20)23-12-9-16-6-2-3-10-21-16/h2-7,10,13,24H,8-9,11-12H2,1H3,(H3,20,22,23). The second kappa shape index (κ2) is 7.64. The normalized spacial score (nSPS) is 11.8. The number of hydrogen-bond acceptors (Lipinski definition) is 2. The molecule has 2 heterocycles. The van der Waals surface area contributed by atoms with Crippen molar-refractivity contribution in [2.75, 3.05) is 13.1 Å². The van der Waals surface area contributed by atoms with E-state index in [0.717, 1.165) is 25.1 Å². The molecule has 2 aromatic heterocycles. The van der Waals surface area contributed by atoms with Gasteiger partial charge < -0.3 is 16.0 Å². The van der Waals surface area contributed by atoms with E-state index < -0.39 is 0 Å². The minimum Gasteiger partial charge on any atom is -0.370 e. The highest BCUT2D eigenvalue weighted by molar-refractivity contribution is 5.86. The number of aliphatic imine (C=N–C) groups is 1. The van der Waals surface area contributed by atoms with Crippen molar-refractivity contribution in [1.82, 2.24) is 15.3 Å². The maximum absolute atomic E-state index is 5.92. The molecule has 0 fully saturated rings. The second-order valence-electron chi connectivity index (χ2n) is 5.83. The van der Waals surface area contributed by atoms with Crippen molar-refractivity contribution < 1.29 is 0 Å². The van der Waals surface area contributed by atoms with Crippen LogP contribution in [0.3, 0.4) is 0 Å². The van der Waals surface area contributed by atoms with E-state index in [1.165, 1.54) is 22.0 Å². The molecule has 0 amide bonds. The van der Waals surface area contributed by atoms with E-state index in [2.05, 4.69) is 51.6 Å². The van der Waals surface area contributed by atoms with Crippen LogP contribution >= 0.6 is 0 Å². The zero-order valence-electron chi connectivity index (χ0n) is 13.9. The number of para-hydroxylation sites is 1. The lowest BCUT2D eigenvalue weighted by Gasteiger charge is -2.05. The molecule has 0 aliphatic carbocycles. The lowest BCUT2D eigenvalue weighted by Crippen LogP contribution is -2.33. The number of nitrogens with zero attached hydrogens (tertiary/aromatic N) is 2. The summed E-state index contributed by atoms with van der Waals surface area (Å²) < 4.78 is 0. The number of aromatic amines is 1. The molecular formula is C19H23N5. The molecule has 0 aliphatic heterocycles. The number of aromatic nitrogens is 2. The minimum atomic E-state index is 0.488. The van der Waals surface area contributed by atoms with Gasteiger partial charge in [-0.05, 0) is 36.6 Å². The third kappa shape index (κ3) is 3.93. The van der Waals surface area contributed by atoms with Gasteiger partial charge in [0, 0.05) is 48.5 Å². The van der Waals surface area contributed by atoms with Gasteiger partial charge in [0.05, 0.1) is 0 Å². The first-order chi connectivity index (χ1) is 11.7. The van der Waals surface area contributed by atoms with Crippen LogP contribution in [0, 0.1) is 6.92 Å². The molecule has 0 spiro atoms. The van der Waals surface area contributed by atoms with Crippen LogP contribution in [0.1, 0.15) is 16.8 Å². The third-order valence-corrected chi connectivity index (χ3v) is 4.09. The summed E-state index contributed by atoms with van der Waals surface area (Å²) in [6, 6.07) is 12.3. The number of fused-ring (bicyclic) bond motifs is 1. The van der Waals surface area contributed by atoms with Crippen molar-refractivity contribution in [3.05, 3.63) is 65.6 Å². The summed E-state index contributed by atoms with van der Waals surface area (Å²) in [5, 5.41) is 4.46. The van der Waals surface area contributed by atoms with Gasteiger partial charge in [0.15, 0.2) is 5.96 Å². The number of rotatable bonds is 6. The van der Waals surface area contributed by atoms with Gasteiger partial charge in [0.2, 0.25) is 0 Å². The number of nitrogens with two attached hydrogens (primary N) is 1. The minimum absolute atomic E-state index is 0.488. The van der Waals surface area contributed by atoms with Gasteiger partial charge in [0.1, 0.15) is 0 Å². The molecule has 0 bridgehead atoms. The summed E-state index contributed by atoms with van der Waals surface area (Å²) in [5.41, 5.74) is 10.7. The Bertz CT molecular complexity index is 820. The Morgan fingerprint density at radius 2 is 2.12 bits per heavy atom. The molecule has 3 rings (SSSR count). The SMILES string of the molecule is Cc1cccc2c(CCNC(N)=NCCc3ccccn3)c[nH]c12. The predicted molar refractivity (Wildman–Crippen MR) is 99.2 cm³/mol. The average molecular weight is 321 g/mol. The Morgan fingerprint density at radius 3 is 2.96 bits per heavy atom.